The topological polar surface area (TPSA) is 108 Å². The number of rotatable bonds is 8. The lowest BCUT2D eigenvalue weighted by Crippen LogP contribution is -2.37. The Bertz CT molecular complexity index is 1180. The lowest BCUT2D eigenvalue weighted by atomic mass is 10.1. The van der Waals surface area contributed by atoms with Crippen LogP contribution in [0.5, 0.6) is 11.5 Å². The normalized spacial score (nSPS) is 14.2. The van der Waals surface area contributed by atoms with Crippen molar-refractivity contribution in [2.45, 2.75) is 6.42 Å². The van der Waals surface area contributed by atoms with Gasteiger partial charge >= 0.3 is 0 Å². The molecular weight excluding hydrogens is 426 g/mol. The molecule has 0 saturated carbocycles. The summed E-state index contributed by atoms with van der Waals surface area (Å²) in [5.74, 6) is 0.910. The van der Waals surface area contributed by atoms with Crippen LogP contribution in [0, 0.1) is 0 Å². The van der Waals surface area contributed by atoms with E-state index in [1.807, 2.05) is 0 Å². The molecule has 1 aliphatic heterocycles. The zero-order valence-electron chi connectivity index (χ0n) is 18.7. The number of hydrogen-bond donors (Lipinski definition) is 1. The fourth-order valence-corrected chi connectivity index (χ4v) is 3.78. The molecule has 0 aliphatic carbocycles. The number of morpholine rings is 1. The number of nitrogens with zero attached hydrogens (tertiary/aromatic N) is 4. The number of methoxy groups -OCH3 is 1. The van der Waals surface area contributed by atoms with Gasteiger partial charge < -0.3 is 19.5 Å². The first-order valence-corrected chi connectivity index (χ1v) is 10.8. The van der Waals surface area contributed by atoms with E-state index in [0.717, 1.165) is 39.3 Å². The summed E-state index contributed by atoms with van der Waals surface area (Å²) in [5, 5.41) is 3.78. The highest BCUT2D eigenvalue weighted by Crippen LogP contribution is 2.35. The number of hydrogen-bond acceptors (Lipinski definition) is 8. The van der Waals surface area contributed by atoms with Gasteiger partial charge in [0.15, 0.2) is 11.5 Å². The first-order valence-electron chi connectivity index (χ1n) is 10.8. The number of ether oxygens (including phenoxy) is 3. The van der Waals surface area contributed by atoms with E-state index in [4.69, 9.17) is 14.2 Å². The predicted octanol–water partition coefficient (Wildman–Crippen LogP) is 1.69. The zero-order chi connectivity index (χ0) is 23.2. The fraction of sp³-hybridized carbons (Fsp3) is 0.391. The summed E-state index contributed by atoms with van der Waals surface area (Å²) in [6.45, 7) is 4.86. The van der Waals surface area contributed by atoms with E-state index in [2.05, 4.69) is 20.2 Å². The van der Waals surface area contributed by atoms with Crippen molar-refractivity contribution in [1.82, 2.24) is 19.4 Å². The van der Waals surface area contributed by atoms with Crippen molar-refractivity contribution in [3.05, 3.63) is 52.8 Å². The molecule has 1 amide bonds. The molecule has 3 heterocycles. The number of benzene rings is 1. The number of pyridine rings is 1. The molecule has 1 fully saturated rings. The Morgan fingerprint density at radius 3 is 2.67 bits per heavy atom. The number of carbonyl (C=O) groups is 1. The number of carbonyl (C=O) groups excluding carboxylic acids is 1. The Morgan fingerprint density at radius 2 is 1.94 bits per heavy atom. The van der Waals surface area contributed by atoms with Gasteiger partial charge in [0, 0.05) is 44.5 Å². The predicted molar refractivity (Wildman–Crippen MR) is 123 cm³/mol. The second kappa shape index (κ2) is 10.4. The van der Waals surface area contributed by atoms with Gasteiger partial charge in [-0.05, 0) is 24.6 Å². The molecule has 0 atom stereocenters. The number of fused-ring (bicyclic) bond motifs is 1. The van der Waals surface area contributed by atoms with Crippen LogP contribution < -0.4 is 20.3 Å². The maximum absolute atomic E-state index is 13.0. The van der Waals surface area contributed by atoms with E-state index in [9.17, 15) is 9.59 Å². The average Bonchev–Trinajstić information content (AvgIpc) is 2.85. The van der Waals surface area contributed by atoms with Gasteiger partial charge in [-0.3, -0.25) is 19.1 Å². The third-order valence-electron chi connectivity index (χ3n) is 5.59. The third-order valence-corrected chi connectivity index (χ3v) is 5.59. The van der Waals surface area contributed by atoms with Gasteiger partial charge in [-0.2, -0.15) is 0 Å². The van der Waals surface area contributed by atoms with Crippen molar-refractivity contribution in [3.63, 3.8) is 0 Å². The van der Waals surface area contributed by atoms with E-state index < -0.39 is 5.91 Å². The summed E-state index contributed by atoms with van der Waals surface area (Å²) in [4.78, 5) is 35.6. The molecule has 0 unspecified atom stereocenters. The summed E-state index contributed by atoms with van der Waals surface area (Å²) in [6.07, 6.45) is 5.02. The third kappa shape index (κ3) is 5.12. The van der Waals surface area contributed by atoms with E-state index in [1.165, 1.54) is 30.4 Å². The fourth-order valence-electron chi connectivity index (χ4n) is 3.78. The smallest absolute Gasteiger partial charge is 0.259 e. The number of anilines is 1. The molecule has 1 aliphatic rings. The van der Waals surface area contributed by atoms with E-state index in [1.54, 1.807) is 25.2 Å². The van der Waals surface area contributed by atoms with Gasteiger partial charge in [0.05, 0.1) is 37.9 Å². The standard InChI is InChI=1S/C23H27N5O5/c1-27-20(26-22(29)16-13-24-15-25-14-16)12-18-17(23(27)30)4-5-19(21(18)31-2)33-9-3-6-28-7-10-32-11-8-28/h4-5,12-15H,3,6-11H2,1-2H3,(H,26,29). The van der Waals surface area contributed by atoms with Crippen LogP contribution >= 0.6 is 0 Å². The number of amides is 1. The Hall–Kier alpha value is -3.50. The van der Waals surface area contributed by atoms with Crippen LogP contribution in [0.15, 0.2) is 41.7 Å². The van der Waals surface area contributed by atoms with Gasteiger partial charge in [0.2, 0.25) is 0 Å². The summed E-state index contributed by atoms with van der Waals surface area (Å²) < 4.78 is 18.4. The zero-order valence-corrected chi connectivity index (χ0v) is 18.7. The molecule has 3 aromatic rings. The molecule has 0 bridgehead atoms. The molecule has 174 valence electrons. The summed E-state index contributed by atoms with van der Waals surface area (Å²) in [6, 6.07) is 5.17. The minimum atomic E-state index is -0.417. The Balaban J connectivity index is 1.55. The molecule has 1 N–H and O–H groups in total. The molecule has 10 heteroatoms. The lowest BCUT2D eigenvalue weighted by Gasteiger charge is -2.26. The number of nitrogens with one attached hydrogen (secondary N) is 1. The summed E-state index contributed by atoms with van der Waals surface area (Å²) in [7, 11) is 3.13. The molecule has 0 radical (unpaired) electrons. The van der Waals surface area contributed by atoms with E-state index in [-0.39, 0.29) is 11.1 Å². The minimum absolute atomic E-state index is 0.260. The van der Waals surface area contributed by atoms with Crippen molar-refractivity contribution in [1.29, 1.82) is 0 Å². The largest absolute Gasteiger partial charge is 0.492 e. The molecule has 10 nitrogen and oxygen atoms in total. The van der Waals surface area contributed by atoms with Gasteiger partial charge in [0.1, 0.15) is 12.1 Å². The van der Waals surface area contributed by atoms with Crippen LogP contribution in [0.1, 0.15) is 16.8 Å². The minimum Gasteiger partial charge on any atom is -0.492 e. The monoisotopic (exact) mass is 453 g/mol. The second-order valence-corrected chi connectivity index (χ2v) is 7.69. The molecule has 0 spiro atoms. The Morgan fingerprint density at radius 1 is 1.18 bits per heavy atom. The Labute approximate surface area is 191 Å². The SMILES string of the molecule is COc1c(OCCCN2CCOCC2)ccc2c(=O)n(C)c(NC(=O)c3cncnc3)cc12. The first kappa shape index (κ1) is 22.7. The van der Waals surface area contributed by atoms with Crippen LogP contribution in [0.2, 0.25) is 0 Å². The van der Waals surface area contributed by atoms with Crippen LogP contribution in [0.4, 0.5) is 5.82 Å². The summed E-state index contributed by atoms with van der Waals surface area (Å²) >= 11 is 0. The van der Waals surface area contributed by atoms with E-state index >= 15 is 0 Å². The van der Waals surface area contributed by atoms with Gasteiger partial charge in [0.25, 0.3) is 11.5 Å². The quantitative estimate of drug-likeness (QED) is 0.514. The van der Waals surface area contributed by atoms with Gasteiger partial charge in [-0.1, -0.05) is 0 Å². The second-order valence-electron chi connectivity index (χ2n) is 7.69. The first-order chi connectivity index (χ1) is 16.1. The molecular formula is C23H27N5O5. The van der Waals surface area contributed by atoms with Crippen LogP contribution in [-0.4, -0.2) is 71.9 Å². The number of aromatic nitrogens is 3. The van der Waals surface area contributed by atoms with Crippen molar-refractivity contribution < 1.29 is 19.0 Å². The molecule has 2 aromatic heterocycles. The average molecular weight is 453 g/mol. The van der Waals surface area contributed by atoms with Crippen molar-refractivity contribution in [2.24, 2.45) is 7.05 Å². The van der Waals surface area contributed by atoms with Crippen molar-refractivity contribution in [2.75, 3.05) is 51.9 Å². The molecule has 1 aromatic carbocycles. The van der Waals surface area contributed by atoms with Crippen molar-refractivity contribution in [3.8, 4) is 11.5 Å². The van der Waals surface area contributed by atoms with Crippen molar-refractivity contribution >= 4 is 22.5 Å². The van der Waals surface area contributed by atoms with E-state index in [0.29, 0.717) is 34.7 Å². The van der Waals surface area contributed by atoms with Crippen LogP contribution in [0.25, 0.3) is 10.8 Å². The van der Waals surface area contributed by atoms with Crippen LogP contribution in [-0.2, 0) is 11.8 Å². The maximum Gasteiger partial charge on any atom is 0.259 e. The van der Waals surface area contributed by atoms with Crippen LogP contribution in [0.3, 0.4) is 0 Å². The molecule has 33 heavy (non-hydrogen) atoms. The van der Waals surface area contributed by atoms with Gasteiger partial charge in [-0.15, -0.1) is 0 Å². The van der Waals surface area contributed by atoms with Gasteiger partial charge in [-0.25, -0.2) is 9.97 Å². The highest BCUT2D eigenvalue weighted by Gasteiger charge is 2.17. The molecule has 1 saturated heterocycles. The lowest BCUT2D eigenvalue weighted by molar-refractivity contribution is 0.0357. The molecule has 4 rings (SSSR count). The summed E-state index contributed by atoms with van der Waals surface area (Å²) in [5.41, 5.74) is 0.0265. The maximum atomic E-state index is 13.0. The highest BCUT2D eigenvalue weighted by atomic mass is 16.5. The highest BCUT2D eigenvalue weighted by molar-refractivity contribution is 6.04. The Kier molecular flexibility index (Phi) is 7.16.